The minimum absolute atomic E-state index is 0.397. The van der Waals surface area contributed by atoms with Gasteiger partial charge >= 0.3 is 5.97 Å². The first-order chi connectivity index (χ1) is 8.49. The van der Waals surface area contributed by atoms with Crippen molar-refractivity contribution in [2.45, 2.75) is 13.8 Å². The zero-order valence-electron chi connectivity index (χ0n) is 10.5. The van der Waals surface area contributed by atoms with Crippen LogP contribution in [0.4, 0.5) is 5.82 Å². The Bertz CT molecular complexity index is 580. The van der Waals surface area contributed by atoms with Crippen molar-refractivity contribution in [1.82, 2.24) is 19.6 Å². The van der Waals surface area contributed by atoms with E-state index in [1.165, 1.54) is 6.33 Å². The highest BCUT2D eigenvalue weighted by molar-refractivity contribution is 5.70. The fourth-order valence-electron chi connectivity index (χ4n) is 1.77. The molecule has 0 aromatic carbocycles. The predicted octanol–water partition coefficient (Wildman–Crippen LogP) is 0.590. The monoisotopic (exact) mass is 249 g/mol. The van der Waals surface area contributed by atoms with Gasteiger partial charge in [0, 0.05) is 25.4 Å². The Balaban J connectivity index is 2.34. The van der Waals surface area contributed by atoms with Crippen LogP contribution in [-0.4, -0.2) is 44.3 Å². The van der Waals surface area contributed by atoms with Crippen molar-refractivity contribution < 1.29 is 9.90 Å². The lowest BCUT2D eigenvalue weighted by molar-refractivity contribution is -0.140. The number of fused-ring (bicyclic) bond motifs is 1. The van der Waals surface area contributed by atoms with Gasteiger partial charge in [-0.25, -0.2) is 4.98 Å². The number of rotatable bonds is 4. The molecule has 7 nitrogen and oxygen atoms in total. The van der Waals surface area contributed by atoms with Crippen molar-refractivity contribution in [3.05, 3.63) is 18.1 Å². The molecule has 0 aliphatic heterocycles. The summed E-state index contributed by atoms with van der Waals surface area (Å²) in [6.45, 7) is 3.94. The molecule has 1 unspecified atom stereocenters. The molecule has 2 aromatic rings. The van der Waals surface area contributed by atoms with Gasteiger partial charge in [-0.15, -0.1) is 0 Å². The second kappa shape index (κ2) is 4.59. The highest BCUT2D eigenvalue weighted by Crippen LogP contribution is 2.15. The van der Waals surface area contributed by atoms with Crippen LogP contribution in [0.25, 0.3) is 5.78 Å². The number of carboxylic acid groups (broad SMARTS) is 1. The van der Waals surface area contributed by atoms with E-state index in [9.17, 15) is 4.79 Å². The van der Waals surface area contributed by atoms with E-state index in [0.29, 0.717) is 12.3 Å². The number of aryl methyl sites for hydroxylation is 1. The number of hydrogen-bond acceptors (Lipinski definition) is 5. The molecule has 2 heterocycles. The smallest absolute Gasteiger partial charge is 0.308 e. The van der Waals surface area contributed by atoms with Gasteiger partial charge in [-0.1, -0.05) is 6.92 Å². The Kier molecular flexibility index (Phi) is 3.14. The molecular formula is C11H15N5O2. The summed E-state index contributed by atoms with van der Waals surface area (Å²) in [6, 6.07) is 1.86. The van der Waals surface area contributed by atoms with E-state index in [4.69, 9.17) is 5.11 Å². The number of carbonyl (C=O) groups is 1. The predicted molar refractivity (Wildman–Crippen MR) is 65.6 cm³/mol. The zero-order chi connectivity index (χ0) is 13.3. The maximum atomic E-state index is 10.9. The first-order valence-electron chi connectivity index (χ1n) is 5.60. The normalized spacial score (nSPS) is 12.6. The minimum atomic E-state index is -0.817. The summed E-state index contributed by atoms with van der Waals surface area (Å²) >= 11 is 0. The Labute approximate surface area is 104 Å². The third-order valence-corrected chi connectivity index (χ3v) is 2.72. The molecule has 2 rings (SSSR count). The SMILES string of the molecule is Cc1cc(N(C)CC(C)C(=O)O)n2ncnc2n1. The van der Waals surface area contributed by atoms with E-state index in [0.717, 1.165) is 11.5 Å². The molecule has 0 radical (unpaired) electrons. The fourth-order valence-corrected chi connectivity index (χ4v) is 1.77. The number of anilines is 1. The van der Waals surface area contributed by atoms with Crippen LogP contribution in [0.1, 0.15) is 12.6 Å². The summed E-state index contributed by atoms with van der Waals surface area (Å²) in [5.74, 6) is 0.0208. The number of carboxylic acids is 1. The summed E-state index contributed by atoms with van der Waals surface area (Å²) in [5.41, 5.74) is 0.820. The highest BCUT2D eigenvalue weighted by Gasteiger charge is 2.16. The van der Waals surface area contributed by atoms with Crippen molar-refractivity contribution >= 4 is 17.6 Å². The Morgan fingerprint density at radius 3 is 3.00 bits per heavy atom. The van der Waals surface area contributed by atoms with Gasteiger partial charge in [-0.05, 0) is 6.92 Å². The molecule has 1 atom stereocenters. The van der Waals surface area contributed by atoms with Gasteiger partial charge in [0.1, 0.15) is 12.1 Å². The largest absolute Gasteiger partial charge is 0.481 e. The Hall–Kier alpha value is -2.18. The van der Waals surface area contributed by atoms with Crippen LogP contribution in [0.15, 0.2) is 12.4 Å². The summed E-state index contributed by atoms with van der Waals surface area (Å²) in [7, 11) is 1.83. The molecule has 18 heavy (non-hydrogen) atoms. The third kappa shape index (κ3) is 2.24. The molecule has 0 bridgehead atoms. The molecule has 0 spiro atoms. The van der Waals surface area contributed by atoms with E-state index in [1.807, 2.05) is 24.9 Å². The van der Waals surface area contributed by atoms with Crippen LogP contribution in [-0.2, 0) is 4.79 Å². The molecule has 0 fully saturated rings. The zero-order valence-corrected chi connectivity index (χ0v) is 10.5. The van der Waals surface area contributed by atoms with Gasteiger partial charge in [0.15, 0.2) is 0 Å². The summed E-state index contributed by atoms with van der Waals surface area (Å²) < 4.78 is 1.60. The molecule has 0 amide bonds. The molecule has 0 aliphatic rings. The van der Waals surface area contributed by atoms with E-state index in [1.54, 1.807) is 11.4 Å². The summed E-state index contributed by atoms with van der Waals surface area (Å²) in [5, 5.41) is 13.0. The molecule has 0 saturated carbocycles. The maximum Gasteiger partial charge on any atom is 0.308 e. The molecule has 0 aliphatic carbocycles. The van der Waals surface area contributed by atoms with Crippen LogP contribution in [0.2, 0.25) is 0 Å². The first kappa shape index (κ1) is 12.3. The van der Waals surface area contributed by atoms with Crippen molar-refractivity contribution in [1.29, 1.82) is 0 Å². The topological polar surface area (TPSA) is 83.6 Å². The quantitative estimate of drug-likeness (QED) is 0.853. The van der Waals surface area contributed by atoms with Crippen LogP contribution >= 0.6 is 0 Å². The van der Waals surface area contributed by atoms with Crippen molar-refractivity contribution in [2.75, 3.05) is 18.5 Å². The number of hydrogen-bond donors (Lipinski definition) is 1. The second-order valence-corrected chi connectivity index (χ2v) is 4.35. The minimum Gasteiger partial charge on any atom is -0.481 e. The van der Waals surface area contributed by atoms with Crippen molar-refractivity contribution in [3.63, 3.8) is 0 Å². The first-order valence-corrected chi connectivity index (χ1v) is 5.60. The lowest BCUT2D eigenvalue weighted by atomic mass is 10.2. The average Bonchev–Trinajstić information content (AvgIpc) is 2.75. The standard InChI is InChI=1S/C11H15N5O2/c1-7(10(17)18)5-15(3)9-4-8(2)14-11-12-6-13-16(9)11/h4,6-7H,5H2,1-3H3,(H,17,18). The molecule has 7 heteroatoms. The van der Waals surface area contributed by atoms with Crippen LogP contribution in [0.3, 0.4) is 0 Å². The summed E-state index contributed by atoms with van der Waals surface area (Å²) in [4.78, 5) is 21.0. The van der Waals surface area contributed by atoms with Gasteiger partial charge < -0.3 is 10.0 Å². The number of nitrogens with zero attached hydrogens (tertiary/aromatic N) is 5. The van der Waals surface area contributed by atoms with E-state index in [2.05, 4.69) is 15.1 Å². The average molecular weight is 249 g/mol. The van der Waals surface area contributed by atoms with Crippen LogP contribution in [0.5, 0.6) is 0 Å². The van der Waals surface area contributed by atoms with E-state index in [-0.39, 0.29) is 0 Å². The number of aromatic nitrogens is 4. The van der Waals surface area contributed by atoms with Crippen LogP contribution in [0, 0.1) is 12.8 Å². The molecule has 0 saturated heterocycles. The van der Waals surface area contributed by atoms with Crippen molar-refractivity contribution in [2.24, 2.45) is 5.92 Å². The maximum absolute atomic E-state index is 10.9. The van der Waals surface area contributed by atoms with E-state index < -0.39 is 11.9 Å². The molecule has 96 valence electrons. The fraction of sp³-hybridized carbons (Fsp3) is 0.455. The van der Waals surface area contributed by atoms with Crippen LogP contribution < -0.4 is 4.90 Å². The van der Waals surface area contributed by atoms with Gasteiger partial charge in [-0.3, -0.25) is 4.79 Å². The lowest BCUT2D eigenvalue weighted by Crippen LogP contribution is -2.30. The summed E-state index contributed by atoms with van der Waals surface area (Å²) in [6.07, 6.45) is 1.43. The Morgan fingerprint density at radius 1 is 1.61 bits per heavy atom. The second-order valence-electron chi connectivity index (χ2n) is 4.35. The molecule has 1 N–H and O–H groups in total. The number of aliphatic carboxylic acids is 1. The Morgan fingerprint density at radius 2 is 2.33 bits per heavy atom. The highest BCUT2D eigenvalue weighted by atomic mass is 16.4. The van der Waals surface area contributed by atoms with Gasteiger partial charge in [0.05, 0.1) is 5.92 Å². The van der Waals surface area contributed by atoms with Gasteiger partial charge in [0.25, 0.3) is 5.78 Å². The van der Waals surface area contributed by atoms with E-state index >= 15 is 0 Å². The molecular weight excluding hydrogens is 234 g/mol. The van der Waals surface area contributed by atoms with Gasteiger partial charge in [0.2, 0.25) is 0 Å². The lowest BCUT2D eigenvalue weighted by Gasteiger charge is -2.21. The molecule has 2 aromatic heterocycles. The van der Waals surface area contributed by atoms with Gasteiger partial charge in [-0.2, -0.15) is 14.6 Å². The third-order valence-electron chi connectivity index (χ3n) is 2.72. The van der Waals surface area contributed by atoms with Crippen molar-refractivity contribution in [3.8, 4) is 0 Å².